The lowest BCUT2D eigenvalue weighted by Crippen LogP contribution is -2.62. The van der Waals surface area contributed by atoms with Crippen LogP contribution in [0.3, 0.4) is 0 Å². The average Bonchev–Trinajstić information content (AvgIpc) is 2.73. The monoisotopic (exact) mass is 411 g/mol. The zero-order chi connectivity index (χ0) is 21.5. The number of hydrogen-bond acceptors (Lipinski definition) is 4. The molecule has 1 aromatic rings. The Labute approximate surface area is 179 Å². The summed E-state index contributed by atoms with van der Waals surface area (Å²) < 4.78 is 10.7. The smallest absolute Gasteiger partial charge is 0.311 e. The van der Waals surface area contributed by atoms with Crippen molar-refractivity contribution in [1.29, 1.82) is 0 Å². The molecule has 2 atom stereocenters. The molecule has 1 aromatic carbocycles. The molecule has 4 saturated carbocycles. The van der Waals surface area contributed by atoms with E-state index in [2.05, 4.69) is 11.9 Å². The van der Waals surface area contributed by atoms with Gasteiger partial charge in [0.1, 0.15) is 12.4 Å². The minimum atomic E-state index is -0.647. The molecular weight excluding hydrogens is 378 g/mol. The van der Waals surface area contributed by atoms with Gasteiger partial charge >= 0.3 is 5.97 Å². The lowest BCUT2D eigenvalue weighted by molar-refractivity contribution is -0.171. The third-order valence-corrected chi connectivity index (χ3v) is 7.70. The van der Waals surface area contributed by atoms with Crippen LogP contribution >= 0.6 is 0 Å². The molecule has 4 fully saturated rings. The molecule has 1 N–H and O–H groups in total. The van der Waals surface area contributed by atoms with Crippen LogP contribution in [0.15, 0.2) is 36.9 Å². The third-order valence-electron chi connectivity index (χ3n) is 7.70. The Morgan fingerprint density at radius 1 is 1.17 bits per heavy atom. The molecule has 0 heterocycles. The standard InChI is InChI=1S/C25H33NO4/c1-5-10-30-20-8-6-19(7-9-20)24(2,3)22(27)26-21-17-11-16-12-18(21)15-25(13-16,14-17)23(28)29-4/h5-9,16-18,21H,1,10-15H2,2-4H3,(H,26,27). The van der Waals surface area contributed by atoms with Crippen molar-refractivity contribution < 1.29 is 19.1 Å². The lowest BCUT2D eigenvalue weighted by Gasteiger charge is -2.58. The van der Waals surface area contributed by atoms with Gasteiger partial charge in [-0.15, -0.1) is 0 Å². The molecule has 1 amide bonds. The van der Waals surface area contributed by atoms with Gasteiger partial charge in [0, 0.05) is 6.04 Å². The Balaban J connectivity index is 1.46. The highest BCUT2D eigenvalue weighted by Crippen LogP contribution is 2.60. The first-order valence-electron chi connectivity index (χ1n) is 11.0. The number of amides is 1. The Kier molecular flexibility index (Phi) is 5.41. The van der Waals surface area contributed by atoms with Crippen LogP contribution in [0.2, 0.25) is 0 Å². The quantitative estimate of drug-likeness (QED) is 0.544. The topological polar surface area (TPSA) is 64.6 Å². The molecule has 162 valence electrons. The van der Waals surface area contributed by atoms with Gasteiger partial charge in [-0.05, 0) is 81.4 Å². The number of ether oxygens (including phenoxy) is 2. The maximum Gasteiger partial charge on any atom is 0.311 e. The molecule has 0 spiro atoms. The van der Waals surface area contributed by atoms with Crippen molar-refractivity contribution in [3.8, 4) is 5.75 Å². The second-order valence-electron chi connectivity index (χ2n) is 9.99. The van der Waals surface area contributed by atoms with Gasteiger partial charge in [-0.2, -0.15) is 0 Å². The van der Waals surface area contributed by atoms with Crippen molar-refractivity contribution >= 4 is 11.9 Å². The molecule has 0 radical (unpaired) electrons. The van der Waals surface area contributed by atoms with Gasteiger partial charge in [0.2, 0.25) is 5.91 Å². The van der Waals surface area contributed by atoms with Gasteiger partial charge in [-0.3, -0.25) is 9.59 Å². The van der Waals surface area contributed by atoms with E-state index in [1.54, 1.807) is 6.08 Å². The summed E-state index contributed by atoms with van der Waals surface area (Å²) in [5.74, 6) is 2.09. The molecule has 0 saturated heterocycles. The summed E-state index contributed by atoms with van der Waals surface area (Å²) >= 11 is 0. The van der Waals surface area contributed by atoms with E-state index in [9.17, 15) is 9.59 Å². The first kappa shape index (κ1) is 21.0. The number of nitrogens with one attached hydrogen (secondary N) is 1. The Bertz CT molecular complexity index is 812. The van der Waals surface area contributed by atoms with Crippen LogP contribution in [0, 0.1) is 23.2 Å². The fraction of sp³-hybridized carbons (Fsp3) is 0.600. The molecule has 5 heteroatoms. The van der Waals surface area contributed by atoms with Gasteiger partial charge in [0.15, 0.2) is 0 Å². The molecule has 5 nitrogen and oxygen atoms in total. The average molecular weight is 412 g/mol. The van der Waals surface area contributed by atoms with Crippen molar-refractivity contribution in [3.05, 3.63) is 42.5 Å². The van der Waals surface area contributed by atoms with E-state index < -0.39 is 5.41 Å². The van der Waals surface area contributed by atoms with Crippen molar-refractivity contribution in [1.82, 2.24) is 5.32 Å². The summed E-state index contributed by atoms with van der Waals surface area (Å²) in [4.78, 5) is 25.8. The second kappa shape index (κ2) is 7.75. The van der Waals surface area contributed by atoms with Crippen LogP contribution in [0.25, 0.3) is 0 Å². The molecule has 4 aliphatic rings. The third kappa shape index (κ3) is 3.52. The largest absolute Gasteiger partial charge is 0.490 e. The van der Waals surface area contributed by atoms with Crippen LogP contribution in [0.4, 0.5) is 0 Å². The summed E-state index contributed by atoms with van der Waals surface area (Å²) in [6, 6.07) is 7.87. The highest BCUT2D eigenvalue weighted by molar-refractivity contribution is 5.87. The van der Waals surface area contributed by atoms with E-state index in [1.165, 1.54) is 7.11 Å². The normalized spacial score (nSPS) is 31.8. The van der Waals surface area contributed by atoms with E-state index >= 15 is 0 Å². The summed E-state index contributed by atoms with van der Waals surface area (Å²) in [5.41, 5.74) is -0.00429. The highest BCUT2D eigenvalue weighted by atomic mass is 16.5. The van der Waals surface area contributed by atoms with Gasteiger partial charge in [0.05, 0.1) is 17.9 Å². The molecule has 5 rings (SSSR count). The van der Waals surface area contributed by atoms with Crippen LogP contribution in [-0.4, -0.2) is 31.6 Å². The molecule has 0 aromatic heterocycles. The zero-order valence-electron chi connectivity index (χ0n) is 18.3. The summed E-state index contributed by atoms with van der Waals surface area (Å²) in [6.07, 6.45) is 6.56. The van der Waals surface area contributed by atoms with E-state index in [4.69, 9.17) is 9.47 Å². The van der Waals surface area contributed by atoms with E-state index in [0.29, 0.717) is 24.4 Å². The molecule has 0 aliphatic heterocycles. The van der Waals surface area contributed by atoms with Crippen LogP contribution < -0.4 is 10.1 Å². The number of carbonyl (C=O) groups excluding carboxylic acids is 2. The molecule has 4 bridgehead atoms. The first-order chi connectivity index (χ1) is 14.3. The number of rotatable bonds is 7. The Morgan fingerprint density at radius 2 is 1.80 bits per heavy atom. The van der Waals surface area contributed by atoms with Crippen LogP contribution in [0.1, 0.15) is 51.5 Å². The van der Waals surface area contributed by atoms with Gasteiger partial charge in [0.25, 0.3) is 0 Å². The van der Waals surface area contributed by atoms with Crippen molar-refractivity contribution in [2.24, 2.45) is 23.2 Å². The number of carbonyl (C=O) groups is 2. The summed E-state index contributed by atoms with van der Waals surface area (Å²) in [6.45, 7) is 8.05. The predicted octanol–water partition coefficient (Wildman–Crippen LogP) is 4.01. The zero-order valence-corrected chi connectivity index (χ0v) is 18.3. The predicted molar refractivity (Wildman–Crippen MR) is 115 cm³/mol. The maximum absolute atomic E-state index is 13.3. The van der Waals surface area contributed by atoms with Crippen molar-refractivity contribution in [3.63, 3.8) is 0 Å². The van der Waals surface area contributed by atoms with Crippen LogP contribution in [0.5, 0.6) is 5.75 Å². The van der Waals surface area contributed by atoms with E-state index in [1.807, 2.05) is 38.1 Å². The summed E-state index contributed by atoms with van der Waals surface area (Å²) in [5, 5.41) is 3.39. The molecule has 2 unspecified atom stereocenters. The molecule has 4 aliphatic carbocycles. The van der Waals surface area contributed by atoms with E-state index in [0.717, 1.165) is 43.4 Å². The highest BCUT2D eigenvalue weighted by Gasteiger charge is 2.59. The second-order valence-corrected chi connectivity index (χ2v) is 9.99. The maximum atomic E-state index is 13.3. The lowest BCUT2D eigenvalue weighted by atomic mass is 9.48. The number of methoxy groups -OCH3 is 1. The fourth-order valence-corrected chi connectivity index (χ4v) is 6.31. The van der Waals surface area contributed by atoms with Crippen LogP contribution in [-0.2, 0) is 19.7 Å². The minimum absolute atomic E-state index is 0.0480. The molecule has 30 heavy (non-hydrogen) atoms. The van der Waals surface area contributed by atoms with Gasteiger partial charge in [-0.1, -0.05) is 24.8 Å². The van der Waals surface area contributed by atoms with Crippen molar-refractivity contribution in [2.45, 2.75) is 57.4 Å². The minimum Gasteiger partial charge on any atom is -0.490 e. The Hall–Kier alpha value is -2.30. The SMILES string of the molecule is C=CCOc1ccc(C(C)(C)C(=O)NC2C3CC4CC2CC(C(=O)OC)(C4)C3)cc1. The number of esters is 1. The molecular formula is C25H33NO4. The van der Waals surface area contributed by atoms with Gasteiger partial charge < -0.3 is 14.8 Å². The first-order valence-corrected chi connectivity index (χ1v) is 11.0. The number of benzene rings is 1. The fourth-order valence-electron chi connectivity index (χ4n) is 6.31. The number of hydrogen-bond donors (Lipinski definition) is 1. The summed E-state index contributed by atoms with van der Waals surface area (Å²) in [7, 11) is 1.50. The van der Waals surface area contributed by atoms with E-state index in [-0.39, 0.29) is 23.3 Å². The Morgan fingerprint density at radius 3 is 2.37 bits per heavy atom. The van der Waals surface area contributed by atoms with Crippen molar-refractivity contribution in [2.75, 3.05) is 13.7 Å². The van der Waals surface area contributed by atoms with Gasteiger partial charge in [-0.25, -0.2) is 0 Å².